The Morgan fingerprint density at radius 1 is 0.822 bits per heavy atom. The first kappa shape index (κ1) is 29.1. The summed E-state index contributed by atoms with van der Waals surface area (Å²) >= 11 is 0. The van der Waals surface area contributed by atoms with Crippen molar-refractivity contribution in [3.8, 4) is 57.3 Å². The molecule has 6 rings (SSSR count). The van der Waals surface area contributed by atoms with Crippen molar-refractivity contribution < 1.29 is 53.3 Å². The van der Waals surface area contributed by atoms with E-state index in [2.05, 4.69) is 0 Å². The second-order valence-corrected chi connectivity index (χ2v) is 10.1. The van der Waals surface area contributed by atoms with Crippen LogP contribution in [0.1, 0.15) is 22.0 Å². The minimum Gasteiger partial charge on any atom is -0.508 e. The highest BCUT2D eigenvalue weighted by Crippen LogP contribution is 2.44. The van der Waals surface area contributed by atoms with Gasteiger partial charge in [-0.1, -0.05) is 6.07 Å². The van der Waals surface area contributed by atoms with Crippen LogP contribution in [-0.4, -0.2) is 53.3 Å². The summed E-state index contributed by atoms with van der Waals surface area (Å²) in [4.78, 5) is 25.7. The molecule has 0 radical (unpaired) electrons. The number of fused-ring (bicyclic) bond motifs is 2. The predicted molar refractivity (Wildman–Crippen MR) is 159 cm³/mol. The molecular weight excluding hydrogens is 588 g/mol. The Bertz CT molecular complexity index is 1980. The number of hydrogen-bond donors (Lipinski definition) is 4. The van der Waals surface area contributed by atoms with E-state index in [9.17, 15) is 30.0 Å². The molecule has 12 nitrogen and oxygen atoms in total. The van der Waals surface area contributed by atoms with Crippen LogP contribution in [0.5, 0.6) is 46.0 Å². The Kier molecular flexibility index (Phi) is 7.47. The molecule has 230 valence electrons. The molecule has 1 aliphatic heterocycles. The Morgan fingerprint density at radius 3 is 2.33 bits per heavy atom. The third-order valence-electron chi connectivity index (χ3n) is 7.25. The predicted octanol–water partition coefficient (Wildman–Crippen LogP) is 5.04. The number of carbonyl (C=O) groups is 1. The van der Waals surface area contributed by atoms with Crippen LogP contribution in [0.3, 0.4) is 0 Å². The lowest BCUT2D eigenvalue weighted by molar-refractivity contribution is -0.0255. The van der Waals surface area contributed by atoms with Gasteiger partial charge in [-0.2, -0.15) is 0 Å². The molecule has 0 spiro atoms. The molecule has 12 heteroatoms. The summed E-state index contributed by atoms with van der Waals surface area (Å²) in [6.07, 6.45) is -1.73. The van der Waals surface area contributed by atoms with Crippen LogP contribution in [0.25, 0.3) is 22.3 Å². The molecule has 2 unspecified atom stereocenters. The molecule has 1 aliphatic rings. The molecule has 0 amide bonds. The molecule has 0 aliphatic carbocycles. The third-order valence-corrected chi connectivity index (χ3v) is 7.25. The first-order valence-corrected chi connectivity index (χ1v) is 13.5. The van der Waals surface area contributed by atoms with E-state index in [-0.39, 0.29) is 57.6 Å². The topological polar surface area (TPSA) is 174 Å². The van der Waals surface area contributed by atoms with Crippen molar-refractivity contribution in [2.24, 2.45) is 0 Å². The van der Waals surface area contributed by atoms with Crippen molar-refractivity contribution in [1.82, 2.24) is 0 Å². The van der Waals surface area contributed by atoms with E-state index >= 15 is 0 Å². The Hall–Kier alpha value is -6.04. The number of methoxy groups -OCH3 is 2. The largest absolute Gasteiger partial charge is 0.508 e. The fourth-order valence-corrected chi connectivity index (χ4v) is 4.99. The lowest BCUT2D eigenvalue weighted by atomic mass is 10.0. The summed E-state index contributed by atoms with van der Waals surface area (Å²) in [5.74, 6) is -1.34. The molecule has 45 heavy (non-hydrogen) atoms. The number of ether oxygens (including phenoxy) is 5. The van der Waals surface area contributed by atoms with E-state index in [0.29, 0.717) is 16.9 Å². The smallest absolute Gasteiger partial charge is 0.338 e. The zero-order valence-electron chi connectivity index (χ0n) is 23.8. The second-order valence-electron chi connectivity index (χ2n) is 10.1. The number of hydrogen-bond acceptors (Lipinski definition) is 12. The minimum atomic E-state index is -0.897. The molecule has 0 saturated carbocycles. The van der Waals surface area contributed by atoms with Gasteiger partial charge in [0.25, 0.3) is 0 Å². The lowest BCUT2D eigenvalue weighted by Crippen LogP contribution is -2.37. The molecule has 5 aromatic rings. The number of phenols is 3. The van der Waals surface area contributed by atoms with Crippen LogP contribution in [-0.2, 0) is 4.74 Å². The molecule has 4 aromatic carbocycles. The van der Waals surface area contributed by atoms with E-state index in [1.54, 1.807) is 36.4 Å². The van der Waals surface area contributed by atoms with Crippen LogP contribution in [0.2, 0.25) is 0 Å². The fraction of sp³-hybridized carbons (Fsp3) is 0.152. The highest BCUT2D eigenvalue weighted by atomic mass is 16.6. The zero-order valence-corrected chi connectivity index (χ0v) is 23.8. The van der Waals surface area contributed by atoms with Gasteiger partial charge in [-0.15, -0.1) is 0 Å². The third kappa shape index (κ3) is 5.44. The average molecular weight is 615 g/mol. The summed E-state index contributed by atoms with van der Waals surface area (Å²) < 4.78 is 34.3. The number of aromatic hydroxyl groups is 4. The number of phenolic OH excluding ortho intramolecular Hbond substituents is 3. The van der Waals surface area contributed by atoms with Gasteiger partial charge in [0.2, 0.25) is 11.2 Å². The standard InChI is InChI=1S/C33H26O12/c1-40-20-7-3-16(4-8-20)33(39)42-15-27-31(17-5-9-21(35)24(11-17)41-2)44-25-12-18(6-10-23(25)43-27)32-30(38)29(37)28-22(36)13-19(34)14-26(28)45-32/h3-14,27,31,34-36,38H,15H2,1-2H3. The zero-order chi connectivity index (χ0) is 31.8. The van der Waals surface area contributed by atoms with Crippen molar-refractivity contribution in [2.45, 2.75) is 12.2 Å². The van der Waals surface area contributed by atoms with Crippen molar-refractivity contribution in [3.63, 3.8) is 0 Å². The summed E-state index contributed by atoms with van der Waals surface area (Å²) in [7, 11) is 2.92. The van der Waals surface area contributed by atoms with E-state index in [1.807, 2.05) is 0 Å². The minimum absolute atomic E-state index is 0.0953. The maximum Gasteiger partial charge on any atom is 0.338 e. The van der Waals surface area contributed by atoms with E-state index < -0.39 is 35.1 Å². The first-order chi connectivity index (χ1) is 21.7. The van der Waals surface area contributed by atoms with E-state index in [1.165, 1.54) is 38.5 Å². The maximum absolute atomic E-state index is 12.9. The molecule has 0 fully saturated rings. The summed E-state index contributed by atoms with van der Waals surface area (Å²) in [6.45, 7) is -0.215. The summed E-state index contributed by atoms with van der Waals surface area (Å²) in [6, 6.07) is 17.6. The monoisotopic (exact) mass is 614 g/mol. The van der Waals surface area contributed by atoms with Crippen molar-refractivity contribution in [3.05, 3.63) is 94.1 Å². The van der Waals surface area contributed by atoms with E-state index in [4.69, 9.17) is 28.1 Å². The summed E-state index contributed by atoms with van der Waals surface area (Å²) in [5, 5.41) is 40.6. The second kappa shape index (κ2) is 11.6. The van der Waals surface area contributed by atoms with Gasteiger partial charge in [-0.05, 0) is 54.6 Å². The Morgan fingerprint density at radius 2 is 1.60 bits per heavy atom. The number of esters is 1. The van der Waals surface area contributed by atoms with Gasteiger partial charge < -0.3 is 48.5 Å². The van der Waals surface area contributed by atoms with Gasteiger partial charge >= 0.3 is 5.97 Å². The van der Waals surface area contributed by atoms with Crippen LogP contribution >= 0.6 is 0 Å². The SMILES string of the molecule is COc1ccc(C(=O)OCC2Oc3ccc(-c4oc5cc(O)cc(O)c5c(=O)c4O)cc3OC2c2ccc(O)c(OC)c2)cc1. The lowest BCUT2D eigenvalue weighted by Gasteiger charge is -2.34. The van der Waals surface area contributed by atoms with Gasteiger partial charge in [-0.3, -0.25) is 4.79 Å². The van der Waals surface area contributed by atoms with Gasteiger partial charge in [0.15, 0.2) is 41.0 Å². The van der Waals surface area contributed by atoms with Gasteiger partial charge in [0.05, 0.1) is 19.8 Å². The highest BCUT2D eigenvalue weighted by Gasteiger charge is 2.35. The maximum atomic E-state index is 12.9. The quantitative estimate of drug-likeness (QED) is 0.180. The van der Waals surface area contributed by atoms with Crippen molar-refractivity contribution in [1.29, 1.82) is 0 Å². The number of carbonyl (C=O) groups excluding carboxylic acids is 1. The molecule has 0 saturated heterocycles. The van der Waals surface area contributed by atoms with Crippen molar-refractivity contribution in [2.75, 3.05) is 20.8 Å². The van der Waals surface area contributed by atoms with Gasteiger partial charge in [0, 0.05) is 23.3 Å². The molecule has 1 aromatic heterocycles. The number of rotatable bonds is 7. The molecular formula is C33H26O12. The molecule has 2 atom stereocenters. The Balaban J connectivity index is 1.35. The molecule has 0 bridgehead atoms. The van der Waals surface area contributed by atoms with Crippen LogP contribution in [0, 0.1) is 0 Å². The average Bonchev–Trinajstić information content (AvgIpc) is 3.04. The van der Waals surface area contributed by atoms with Gasteiger partial charge in [-0.25, -0.2) is 4.79 Å². The fourth-order valence-electron chi connectivity index (χ4n) is 4.99. The van der Waals surface area contributed by atoms with Crippen LogP contribution < -0.4 is 24.4 Å². The Labute approximate surface area is 254 Å². The molecule has 2 heterocycles. The van der Waals surface area contributed by atoms with E-state index in [0.717, 1.165) is 12.1 Å². The van der Waals surface area contributed by atoms with Gasteiger partial charge in [0.1, 0.15) is 34.8 Å². The first-order valence-electron chi connectivity index (χ1n) is 13.5. The van der Waals surface area contributed by atoms with Crippen LogP contribution in [0.15, 0.2) is 82.0 Å². The summed E-state index contributed by atoms with van der Waals surface area (Å²) in [5.41, 5.74) is 0.0125. The highest BCUT2D eigenvalue weighted by molar-refractivity contribution is 5.90. The number of benzene rings is 4. The normalized spacial score (nSPS) is 15.4. The van der Waals surface area contributed by atoms with Crippen LogP contribution in [0.4, 0.5) is 0 Å². The van der Waals surface area contributed by atoms with Crippen molar-refractivity contribution >= 4 is 16.9 Å². The molecule has 4 N–H and O–H groups in total.